The molecule has 0 fully saturated rings. The van der Waals surface area contributed by atoms with Crippen molar-refractivity contribution >= 4 is 47.2 Å². The topological polar surface area (TPSA) is 69.4 Å². The van der Waals surface area contributed by atoms with Crippen LogP contribution in [0.25, 0.3) is 0 Å². The second kappa shape index (κ2) is 11.8. The molecular weight excluding hydrogens is 480 g/mol. The highest BCUT2D eigenvalue weighted by Gasteiger charge is 2.33. The molecule has 0 saturated carbocycles. The van der Waals surface area contributed by atoms with Gasteiger partial charge in [-0.25, -0.2) is 0 Å². The fourth-order valence-corrected chi connectivity index (χ4v) is 11.2. The molecule has 34 heavy (non-hydrogen) atoms. The summed E-state index contributed by atoms with van der Waals surface area (Å²) in [4.78, 5) is 0. The van der Waals surface area contributed by atoms with Crippen LogP contribution in [0.4, 0.5) is 0 Å². The second-order valence-corrected chi connectivity index (χ2v) is 14.1. The normalized spacial score (nSPS) is 11.9. The molecule has 4 rings (SSSR count). The molecule has 0 amide bonds. The number of nitrogens with two attached hydrogens (primary N) is 1. The van der Waals surface area contributed by atoms with Gasteiger partial charge in [0, 0.05) is 0 Å². The molecule has 0 bridgehead atoms. The van der Waals surface area contributed by atoms with Crippen LogP contribution in [0.2, 0.25) is 0 Å². The van der Waals surface area contributed by atoms with Crippen molar-refractivity contribution < 1.29 is 12.7 Å². The lowest BCUT2D eigenvalue weighted by molar-refractivity contribution is 0.328. The highest BCUT2D eigenvalue weighted by atomic mass is 32.2. The Morgan fingerprint density at radius 3 is 1.06 bits per heavy atom. The number of hydrogen-bond donors (Lipinski definition) is 1. The van der Waals surface area contributed by atoms with E-state index in [1.165, 1.54) is 0 Å². The quantitative estimate of drug-likeness (QED) is 0.262. The third-order valence-electron chi connectivity index (χ3n) is 5.59. The summed E-state index contributed by atoms with van der Waals surface area (Å²) in [6.45, 7) is 0. The van der Waals surface area contributed by atoms with E-state index in [-0.39, 0.29) is 0 Å². The highest BCUT2D eigenvalue weighted by molar-refractivity contribution is 7.89. The molecule has 4 aromatic carbocycles. The van der Waals surface area contributed by atoms with Crippen LogP contribution >= 0.6 is 15.8 Å². The Morgan fingerprint density at radius 2 is 0.824 bits per heavy atom. The van der Waals surface area contributed by atoms with Crippen molar-refractivity contribution in [2.75, 3.05) is 12.3 Å². The van der Waals surface area contributed by atoms with E-state index in [4.69, 9.17) is 5.90 Å². The Balaban J connectivity index is 1.75. The van der Waals surface area contributed by atoms with Gasteiger partial charge in [0.15, 0.2) is 0 Å². The van der Waals surface area contributed by atoms with E-state index >= 15 is 0 Å². The predicted octanol–water partition coefficient (Wildman–Crippen LogP) is 3.84. The largest absolute Gasteiger partial charge is 0.286 e. The summed E-state index contributed by atoms with van der Waals surface area (Å²) < 4.78 is 31.0. The van der Waals surface area contributed by atoms with Gasteiger partial charge in [0.2, 0.25) is 0 Å². The average Bonchev–Trinajstić information content (AvgIpc) is 2.91. The van der Waals surface area contributed by atoms with Crippen LogP contribution in [0.3, 0.4) is 0 Å². The molecule has 0 aromatic heterocycles. The van der Waals surface area contributed by atoms with E-state index in [0.717, 1.165) is 21.2 Å². The van der Waals surface area contributed by atoms with Gasteiger partial charge in [0.25, 0.3) is 10.1 Å². The van der Waals surface area contributed by atoms with Gasteiger partial charge in [-0.2, -0.15) is 18.6 Å². The predicted molar refractivity (Wildman–Crippen MR) is 146 cm³/mol. The Labute approximate surface area is 204 Å². The minimum absolute atomic E-state index is 0.432. The van der Waals surface area contributed by atoms with Crippen molar-refractivity contribution in [2.45, 2.75) is 5.25 Å². The third-order valence-corrected chi connectivity index (χ3v) is 12.8. The van der Waals surface area contributed by atoms with Crippen LogP contribution in [0, 0.1) is 0 Å². The molecule has 0 saturated heterocycles. The van der Waals surface area contributed by atoms with Crippen molar-refractivity contribution in [3.8, 4) is 0 Å². The van der Waals surface area contributed by atoms with E-state index in [0.29, 0.717) is 12.3 Å². The summed E-state index contributed by atoms with van der Waals surface area (Å²) in [7, 11) is -5.84. The lowest BCUT2D eigenvalue weighted by atomic mass is 10.4. The minimum atomic E-state index is -3.97. The molecule has 2 N–H and O–H groups in total. The first-order valence-electron chi connectivity index (χ1n) is 11.0. The standard InChI is InChI=1S/C27H27NO3P2S/c28-31-34(29,30)27(21-32(23-13-5-1-6-14-23)24-15-7-2-8-16-24)22-33(25-17-9-3-10-18-25)26-19-11-4-12-20-26/h1-20,27H,21-22,28H2. The maximum absolute atomic E-state index is 13.2. The average molecular weight is 508 g/mol. The van der Waals surface area contributed by atoms with Gasteiger partial charge < -0.3 is 0 Å². The van der Waals surface area contributed by atoms with E-state index in [1.54, 1.807) is 0 Å². The SMILES string of the molecule is NOS(=O)(=O)C(CP(c1ccccc1)c1ccccc1)CP(c1ccccc1)c1ccccc1. The fraction of sp³-hybridized carbons (Fsp3) is 0.111. The Kier molecular flexibility index (Phi) is 8.61. The van der Waals surface area contributed by atoms with Gasteiger partial charge in [0.1, 0.15) is 0 Å². The van der Waals surface area contributed by atoms with Crippen LogP contribution in [-0.4, -0.2) is 26.0 Å². The molecule has 0 aliphatic heterocycles. The van der Waals surface area contributed by atoms with E-state index in [2.05, 4.69) is 52.8 Å². The molecule has 4 nitrogen and oxygen atoms in total. The van der Waals surface area contributed by atoms with Gasteiger partial charge in [-0.1, -0.05) is 121 Å². The number of hydrogen-bond acceptors (Lipinski definition) is 4. The number of benzene rings is 4. The molecule has 174 valence electrons. The summed E-state index contributed by atoms with van der Waals surface area (Å²) in [5, 5.41) is 3.76. The monoisotopic (exact) mass is 507 g/mol. The third kappa shape index (κ3) is 6.18. The van der Waals surface area contributed by atoms with E-state index in [1.807, 2.05) is 72.8 Å². The molecule has 4 aromatic rings. The molecule has 7 heteroatoms. The Hall–Kier alpha value is -2.39. The van der Waals surface area contributed by atoms with Crippen molar-refractivity contribution in [3.05, 3.63) is 121 Å². The first-order valence-corrected chi connectivity index (χ1v) is 15.5. The molecule has 0 heterocycles. The molecule has 0 spiro atoms. The van der Waals surface area contributed by atoms with Crippen LogP contribution in [0.5, 0.6) is 0 Å². The number of rotatable bonds is 10. The van der Waals surface area contributed by atoms with E-state index < -0.39 is 31.2 Å². The van der Waals surface area contributed by atoms with Crippen molar-refractivity contribution in [2.24, 2.45) is 5.90 Å². The van der Waals surface area contributed by atoms with Crippen molar-refractivity contribution in [3.63, 3.8) is 0 Å². The highest BCUT2D eigenvalue weighted by Crippen LogP contribution is 2.41. The smallest absolute Gasteiger partial charge is 0.198 e. The van der Waals surface area contributed by atoms with Crippen LogP contribution < -0.4 is 27.1 Å². The molecule has 0 radical (unpaired) electrons. The minimum Gasteiger partial charge on any atom is -0.198 e. The summed E-state index contributed by atoms with van der Waals surface area (Å²) >= 11 is 0. The van der Waals surface area contributed by atoms with Crippen molar-refractivity contribution in [1.82, 2.24) is 0 Å². The zero-order valence-corrected chi connectivity index (χ0v) is 21.2. The Morgan fingerprint density at radius 1 is 0.559 bits per heavy atom. The van der Waals surface area contributed by atoms with Crippen LogP contribution in [-0.2, 0) is 14.4 Å². The van der Waals surface area contributed by atoms with Gasteiger partial charge in [-0.15, -0.1) is 0 Å². The zero-order chi connectivity index (χ0) is 23.8. The molecule has 0 aliphatic rings. The van der Waals surface area contributed by atoms with Gasteiger partial charge in [-0.3, -0.25) is 0 Å². The first kappa shape index (κ1) is 24.7. The summed E-state index contributed by atoms with van der Waals surface area (Å²) in [5.74, 6) is 5.34. The van der Waals surface area contributed by atoms with E-state index in [9.17, 15) is 8.42 Å². The zero-order valence-electron chi connectivity index (χ0n) is 18.6. The van der Waals surface area contributed by atoms with Crippen LogP contribution in [0.1, 0.15) is 0 Å². The molecule has 0 atom stereocenters. The maximum Gasteiger partial charge on any atom is 0.286 e. The Bertz CT molecular complexity index is 1090. The first-order chi connectivity index (χ1) is 16.6. The molecule has 0 aliphatic carbocycles. The van der Waals surface area contributed by atoms with Crippen molar-refractivity contribution in [1.29, 1.82) is 0 Å². The molecule has 0 unspecified atom stereocenters. The lowest BCUT2D eigenvalue weighted by Crippen LogP contribution is -2.36. The van der Waals surface area contributed by atoms with Gasteiger partial charge in [-0.05, 0) is 49.4 Å². The second-order valence-electron chi connectivity index (χ2n) is 7.77. The van der Waals surface area contributed by atoms with Crippen LogP contribution in [0.15, 0.2) is 121 Å². The van der Waals surface area contributed by atoms with Gasteiger partial charge >= 0.3 is 0 Å². The fourth-order valence-electron chi connectivity index (χ4n) is 3.88. The summed E-state index contributed by atoms with van der Waals surface area (Å²) in [6, 6.07) is 40.5. The lowest BCUT2D eigenvalue weighted by Gasteiger charge is -2.28. The van der Waals surface area contributed by atoms with Gasteiger partial charge in [0.05, 0.1) is 5.25 Å². The maximum atomic E-state index is 13.2. The summed E-state index contributed by atoms with van der Waals surface area (Å²) in [6.07, 6.45) is 0.864. The molecular formula is C27H27NO3P2S. The summed E-state index contributed by atoms with van der Waals surface area (Å²) in [5.41, 5.74) is 0.